The van der Waals surface area contributed by atoms with E-state index in [0.29, 0.717) is 16.5 Å². The summed E-state index contributed by atoms with van der Waals surface area (Å²) in [7, 11) is 1.60. The van der Waals surface area contributed by atoms with Crippen LogP contribution in [0.15, 0.2) is 89.1 Å². The number of rotatable bonds is 9. The van der Waals surface area contributed by atoms with Crippen LogP contribution in [0.5, 0.6) is 5.75 Å². The van der Waals surface area contributed by atoms with Crippen molar-refractivity contribution < 1.29 is 14.5 Å². The highest BCUT2D eigenvalue weighted by molar-refractivity contribution is 7.99. The van der Waals surface area contributed by atoms with E-state index >= 15 is 0 Å². The molecule has 0 fully saturated rings. The van der Waals surface area contributed by atoms with Crippen LogP contribution in [0, 0.1) is 10.1 Å². The number of nitro benzene ring substituents is 1. The quantitative estimate of drug-likeness (QED) is 0.163. The van der Waals surface area contributed by atoms with Crippen LogP contribution >= 0.6 is 11.8 Å². The fourth-order valence-corrected chi connectivity index (χ4v) is 3.94. The Morgan fingerprint density at radius 1 is 1.09 bits per heavy atom. The van der Waals surface area contributed by atoms with Gasteiger partial charge in [0.15, 0.2) is 11.0 Å². The minimum atomic E-state index is -0.504. The summed E-state index contributed by atoms with van der Waals surface area (Å²) in [6.07, 6.45) is 1.24. The van der Waals surface area contributed by atoms with E-state index in [4.69, 9.17) is 4.74 Å². The van der Waals surface area contributed by atoms with Crippen molar-refractivity contribution in [2.75, 3.05) is 12.9 Å². The molecule has 35 heavy (non-hydrogen) atoms. The normalized spacial score (nSPS) is 10.9. The largest absolute Gasteiger partial charge is 0.497 e. The van der Waals surface area contributed by atoms with Crippen LogP contribution in [0.3, 0.4) is 0 Å². The third kappa shape index (κ3) is 5.71. The second-order valence-corrected chi connectivity index (χ2v) is 8.05. The molecule has 0 atom stereocenters. The van der Waals surface area contributed by atoms with Gasteiger partial charge in [0, 0.05) is 17.3 Å². The monoisotopic (exact) mass is 488 g/mol. The first-order chi connectivity index (χ1) is 17.1. The zero-order valence-electron chi connectivity index (χ0n) is 18.6. The molecule has 4 rings (SSSR count). The van der Waals surface area contributed by atoms with Crippen LogP contribution in [-0.4, -0.2) is 44.7 Å². The molecular formula is C24H20N6O4S. The van der Waals surface area contributed by atoms with E-state index < -0.39 is 10.8 Å². The SMILES string of the molecule is COc1ccc(-c2nnc(SCC(=O)N/N=C/c3ccccc3[N+](=O)[O-])n2-c2ccccc2)cc1. The van der Waals surface area contributed by atoms with Crippen molar-refractivity contribution in [3.05, 3.63) is 94.5 Å². The van der Waals surface area contributed by atoms with Gasteiger partial charge in [-0.3, -0.25) is 19.5 Å². The van der Waals surface area contributed by atoms with Crippen molar-refractivity contribution in [2.45, 2.75) is 5.16 Å². The number of thioether (sulfide) groups is 1. The Labute approximate surface area is 204 Å². The van der Waals surface area contributed by atoms with Gasteiger partial charge in [-0.2, -0.15) is 5.10 Å². The van der Waals surface area contributed by atoms with E-state index in [-0.39, 0.29) is 11.4 Å². The fraction of sp³-hybridized carbons (Fsp3) is 0.0833. The molecule has 11 heteroatoms. The fourth-order valence-electron chi connectivity index (χ4n) is 3.20. The van der Waals surface area contributed by atoms with Crippen LogP contribution in [0.1, 0.15) is 5.56 Å². The number of hydrogen-bond acceptors (Lipinski definition) is 8. The molecule has 0 saturated heterocycles. The number of carbonyl (C=O) groups excluding carboxylic acids is 1. The average Bonchev–Trinajstić information content (AvgIpc) is 3.32. The molecule has 0 spiro atoms. The number of aromatic nitrogens is 3. The molecule has 0 aliphatic heterocycles. The number of nitrogens with zero attached hydrogens (tertiary/aromatic N) is 5. The van der Waals surface area contributed by atoms with Crippen molar-refractivity contribution in [3.63, 3.8) is 0 Å². The third-order valence-corrected chi connectivity index (χ3v) is 5.78. The molecular weight excluding hydrogens is 468 g/mol. The van der Waals surface area contributed by atoms with Gasteiger partial charge < -0.3 is 4.74 Å². The Hall–Kier alpha value is -4.51. The lowest BCUT2D eigenvalue weighted by Gasteiger charge is -2.10. The van der Waals surface area contributed by atoms with Gasteiger partial charge in [-0.15, -0.1) is 10.2 Å². The van der Waals surface area contributed by atoms with Crippen molar-refractivity contribution in [1.29, 1.82) is 0 Å². The number of hydrogen-bond donors (Lipinski definition) is 1. The van der Waals surface area contributed by atoms with E-state index in [9.17, 15) is 14.9 Å². The number of methoxy groups -OCH3 is 1. The van der Waals surface area contributed by atoms with Gasteiger partial charge in [0.25, 0.3) is 11.6 Å². The molecule has 176 valence electrons. The number of benzene rings is 3. The van der Waals surface area contributed by atoms with E-state index in [0.717, 1.165) is 17.0 Å². The second-order valence-electron chi connectivity index (χ2n) is 7.10. The van der Waals surface area contributed by atoms with Gasteiger partial charge in [-0.25, -0.2) is 5.43 Å². The molecule has 0 unspecified atom stereocenters. The lowest BCUT2D eigenvalue weighted by atomic mass is 10.2. The van der Waals surface area contributed by atoms with Gasteiger partial charge in [0.05, 0.1) is 29.6 Å². The highest BCUT2D eigenvalue weighted by Gasteiger charge is 2.17. The summed E-state index contributed by atoms with van der Waals surface area (Å²) in [6, 6.07) is 23.2. The molecule has 0 aliphatic carbocycles. The Balaban J connectivity index is 1.50. The van der Waals surface area contributed by atoms with E-state index in [1.165, 1.54) is 24.0 Å². The number of nitro groups is 1. The second kappa shape index (κ2) is 11.1. The number of carbonyl (C=O) groups is 1. The van der Waals surface area contributed by atoms with Gasteiger partial charge >= 0.3 is 0 Å². The van der Waals surface area contributed by atoms with Crippen molar-refractivity contribution in [3.8, 4) is 22.8 Å². The first-order valence-electron chi connectivity index (χ1n) is 10.4. The Bertz CT molecular complexity index is 1360. The van der Waals surface area contributed by atoms with Gasteiger partial charge in [-0.05, 0) is 42.5 Å². The summed E-state index contributed by atoms with van der Waals surface area (Å²) in [5.74, 6) is 0.976. The van der Waals surface area contributed by atoms with Crippen LogP contribution in [0.25, 0.3) is 17.1 Å². The minimum absolute atomic E-state index is 0.0157. The molecule has 0 bridgehead atoms. The maximum absolute atomic E-state index is 12.4. The van der Waals surface area contributed by atoms with Crippen LogP contribution < -0.4 is 10.2 Å². The number of para-hydroxylation sites is 2. The Morgan fingerprint density at radius 2 is 1.80 bits per heavy atom. The van der Waals surface area contributed by atoms with Crippen molar-refractivity contribution in [2.24, 2.45) is 5.10 Å². The van der Waals surface area contributed by atoms with Crippen LogP contribution in [0.4, 0.5) is 5.69 Å². The van der Waals surface area contributed by atoms with E-state index in [1.807, 2.05) is 59.2 Å². The first kappa shape index (κ1) is 23.6. The number of amides is 1. The first-order valence-corrected chi connectivity index (χ1v) is 11.4. The molecule has 1 amide bonds. The Kier molecular flexibility index (Phi) is 7.48. The number of hydrazone groups is 1. The summed E-state index contributed by atoms with van der Waals surface area (Å²) in [5.41, 5.74) is 4.28. The molecule has 3 aromatic carbocycles. The standard InChI is InChI=1S/C24H20N6O4S/c1-34-20-13-11-17(12-14-20)23-27-28-24(29(23)19-8-3-2-4-9-19)35-16-22(31)26-25-15-18-7-5-6-10-21(18)30(32)33/h2-15H,16H2,1H3,(H,26,31)/b25-15+. The predicted octanol–water partition coefficient (Wildman–Crippen LogP) is 4.09. The number of nitrogens with one attached hydrogen (secondary N) is 1. The van der Waals surface area contributed by atoms with Gasteiger partial charge in [-0.1, -0.05) is 42.1 Å². The molecule has 0 aliphatic rings. The maximum atomic E-state index is 12.4. The molecule has 1 aromatic heterocycles. The van der Waals surface area contributed by atoms with Crippen LogP contribution in [0.2, 0.25) is 0 Å². The minimum Gasteiger partial charge on any atom is -0.497 e. The van der Waals surface area contributed by atoms with Gasteiger partial charge in [0.2, 0.25) is 0 Å². The summed E-state index contributed by atoms with van der Waals surface area (Å²) in [4.78, 5) is 23.0. The van der Waals surface area contributed by atoms with Crippen molar-refractivity contribution in [1.82, 2.24) is 20.2 Å². The third-order valence-electron chi connectivity index (χ3n) is 4.85. The Morgan fingerprint density at radius 3 is 2.51 bits per heavy atom. The predicted molar refractivity (Wildman–Crippen MR) is 133 cm³/mol. The summed E-state index contributed by atoms with van der Waals surface area (Å²) >= 11 is 1.20. The van der Waals surface area contributed by atoms with Crippen LogP contribution in [-0.2, 0) is 4.79 Å². The summed E-state index contributed by atoms with van der Waals surface area (Å²) in [5, 5.41) is 24.1. The van der Waals surface area contributed by atoms with E-state index in [1.54, 1.807) is 25.3 Å². The zero-order valence-corrected chi connectivity index (χ0v) is 19.4. The highest BCUT2D eigenvalue weighted by atomic mass is 32.2. The van der Waals surface area contributed by atoms with E-state index in [2.05, 4.69) is 20.7 Å². The molecule has 1 N–H and O–H groups in total. The number of ether oxygens (including phenoxy) is 1. The summed E-state index contributed by atoms with van der Waals surface area (Å²) < 4.78 is 7.10. The zero-order chi connectivity index (χ0) is 24.6. The lowest BCUT2D eigenvalue weighted by Crippen LogP contribution is -2.20. The average molecular weight is 489 g/mol. The van der Waals surface area contributed by atoms with Gasteiger partial charge in [0.1, 0.15) is 5.75 Å². The molecule has 0 saturated carbocycles. The molecule has 0 radical (unpaired) electrons. The van der Waals surface area contributed by atoms with Crippen molar-refractivity contribution >= 4 is 29.6 Å². The molecule has 10 nitrogen and oxygen atoms in total. The highest BCUT2D eigenvalue weighted by Crippen LogP contribution is 2.29. The maximum Gasteiger partial charge on any atom is 0.278 e. The smallest absolute Gasteiger partial charge is 0.278 e. The molecule has 4 aromatic rings. The lowest BCUT2D eigenvalue weighted by molar-refractivity contribution is -0.385. The summed E-state index contributed by atoms with van der Waals surface area (Å²) in [6.45, 7) is 0. The topological polar surface area (TPSA) is 125 Å². The molecule has 1 heterocycles.